The molecule has 0 radical (unpaired) electrons. The third-order valence-corrected chi connectivity index (χ3v) is 15.0. The van der Waals surface area contributed by atoms with E-state index in [1.165, 1.54) is 20.3 Å². The maximum absolute atomic E-state index is 17.0. The quantitative estimate of drug-likeness (QED) is 0.0976. The number of aromatic amines is 2. The highest BCUT2D eigenvalue weighted by Crippen LogP contribution is 2.54. The number of hydrogen-bond acceptors (Lipinski definition) is 10. The molecule has 5 aliphatic rings. The first-order valence-corrected chi connectivity index (χ1v) is 24.6. The first kappa shape index (κ1) is 46.0. The van der Waals surface area contributed by atoms with Crippen LogP contribution in [0.5, 0.6) is 11.5 Å². The molecule has 3 aromatic carbocycles. The van der Waals surface area contributed by atoms with Gasteiger partial charge in [-0.05, 0) is 110 Å². The Kier molecular flexibility index (Phi) is 11.7. The Labute approximate surface area is 409 Å². The van der Waals surface area contributed by atoms with E-state index in [-0.39, 0.29) is 41.8 Å². The zero-order valence-corrected chi connectivity index (χ0v) is 40.6. The second kappa shape index (κ2) is 18.1. The summed E-state index contributed by atoms with van der Waals surface area (Å²) in [6.45, 7) is 8.71. The van der Waals surface area contributed by atoms with Crippen molar-refractivity contribution in [2.75, 3.05) is 27.4 Å². The first-order chi connectivity index (χ1) is 34.3. The Balaban J connectivity index is 0.924. The molecule has 370 valence electrons. The molecule has 3 fully saturated rings. The molecule has 0 spiro atoms. The van der Waals surface area contributed by atoms with Crippen molar-refractivity contribution in [2.24, 2.45) is 17.8 Å². The van der Waals surface area contributed by atoms with E-state index >= 15 is 4.39 Å². The Morgan fingerprint density at radius 2 is 1.49 bits per heavy atom. The van der Waals surface area contributed by atoms with E-state index in [0.29, 0.717) is 65.4 Å². The monoisotopic (exact) mass is 967 g/mol. The van der Waals surface area contributed by atoms with Gasteiger partial charge in [0.1, 0.15) is 41.0 Å². The minimum Gasteiger partial charge on any atom is -0.493 e. The maximum Gasteiger partial charge on any atom is 0.407 e. The third-order valence-electron chi connectivity index (χ3n) is 15.0. The maximum atomic E-state index is 17.0. The predicted octanol–water partition coefficient (Wildman–Crippen LogP) is 8.58. The molecule has 7 heterocycles. The number of aryl methyl sites for hydroxylation is 1. The van der Waals surface area contributed by atoms with Crippen molar-refractivity contribution in [1.82, 2.24) is 44.9 Å². The van der Waals surface area contributed by atoms with Gasteiger partial charge >= 0.3 is 12.2 Å². The van der Waals surface area contributed by atoms with Crippen molar-refractivity contribution in [1.29, 1.82) is 0 Å². The summed E-state index contributed by atoms with van der Waals surface area (Å²) in [7, 11) is 2.56. The molecule has 1 aliphatic carbocycles. The van der Waals surface area contributed by atoms with Crippen LogP contribution in [0.1, 0.15) is 101 Å². The second-order valence-corrected chi connectivity index (χ2v) is 20.1. The number of fused-ring (bicyclic) bond motifs is 7. The van der Waals surface area contributed by atoms with Crippen molar-refractivity contribution in [3.8, 4) is 45.3 Å². The largest absolute Gasteiger partial charge is 0.493 e. The van der Waals surface area contributed by atoms with Crippen LogP contribution in [0.4, 0.5) is 14.0 Å². The number of hydrogen-bond donors (Lipinski definition) is 4. The molecule has 0 bridgehead atoms. The summed E-state index contributed by atoms with van der Waals surface area (Å²) in [5.74, 6) is 1.67. The number of likely N-dealkylation sites (tertiary alicyclic amines) is 2. The van der Waals surface area contributed by atoms with Gasteiger partial charge in [0.2, 0.25) is 18.0 Å². The van der Waals surface area contributed by atoms with Crippen LogP contribution in [0, 0.1) is 23.6 Å². The molecule has 6 aromatic rings. The Bertz CT molecular complexity index is 3090. The molecule has 71 heavy (non-hydrogen) atoms. The topological polar surface area (TPSA) is 198 Å². The number of methoxy groups -OCH3 is 2. The Hall–Kier alpha value is -7.37. The smallest absolute Gasteiger partial charge is 0.407 e. The van der Waals surface area contributed by atoms with Crippen LogP contribution in [0.3, 0.4) is 0 Å². The zero-order chi connectivity index (χ0) is 49.4. The van der Waals surface area contributed by atoms with E-state index in [2.05, 4.69) is 37.3 Å². The van der Waals surface area contributed by atoms with Crippen LogP contribution in [-0.4, -0.2) is 104 Å². The fraction of sp³-hybridized carbons (Fsp3) is 0.434. The lowest BCUT2D eigenvalue weighted by Crippen LogP contribution is -2.52. The van der Waals surface area contributed by atoms with Crippen LogP contribution >= 0.6 is 0 Å². The zero-order valence-electron chi connectivity index (χ0n) is 40.6. The number of amides is 4. The summed E-state index contributed by atoms with van der Waals surface area (Å²) in [4.78, 5) is 72.4. The number of H-pyrrole nitrogens is 2. The number of aromatic nitrogens is 5. The Morgan fingerprint density at radius 1 is 0.789 bits per heavy atom. The number of rotatable bonds is 11. The van der Waals surface area contributed by atoms with Crippen molar-refractivity contribution < 1.29 is 42.5 Å². The molecule has 17 nitrogen and oxygen atoms in total. The molecular weight excluding hydrogens is 910 g/mol. The van der Waals surface area contributed by atoms with Crippen LogP contribution in [0.15, 0.2) is 67.0 Å². The van der Waals surface area contributed by atoms with E-state index in [4.69, 9.17) is 28.9 Å². The van der Waals surface area contributed by atoms with Gasteiger partial charge in [0, 0.05) is 34.7 Å². The molecule has 3 aromatic heterocycles. The van der Waals surface area contributed by atoms with Crippen molar-refractivity contribution >= 4 is 34.9 Å². The van der Waals surface area contributed by atoms with Crippen LogP contribution in [-0.2, 0) is 25.5 Å². The van der Waals surface area contributed by atoms with Gasteiger partial charge in [0.05, 0.1) is 73.5 Å². The van der Waals surface area contributed by atoms with Crippen LogP contribution in [0.2, 0.25) is 0 Å². The minimum absolute atomic E-state index is 0.0990. The SMILES string of the molecule is COC(=O)N[C@H](C(=O)N1CCC[C@H]1c1ncc(-c2cc(F)c3c(c2)OC(c2ccc4c(c2)CCCO4)n2c-3cc3cc(-c4cnc([C@@H]5C[C@H]6C[C@H]6N5C(=O)[C@@H](NC(=O)OC)C(C)C)[nH]4)ccc32)[nH]1)C(C)C. The molecule has 11 rings (SSSR count). The van der Waals surface area contributed by atoms with E-state index in [1.807, 2.05) is 69.0 Å². The highest BCUT2D eigenvalue weighted by Gasteiger charge is 2.56. The van der Waals surface area contributed by atoms with Crippen molar-refractivity contribution in [3.63, 3.8) is 0 Å². The molecule has 4 aliphatic heterocycles. The summed E-state index contributed by atoms with van der Waals surface area (Å²) in [6, 6.07) is 15.5. The van der Waals surface area contributed by atoms with E-state index < -0.39 is 36.3 Å². The number of alkyl carbamates (subject to hydrolysis) is 2. The van der Waals surface area contributed by atoms with E-state index in [0.717, 1.165) is 71.1 Å². The third kappa shape index (κ3) is 8.19. The van der Waals surface area contributed by atoms with Gasteiger partial charge < -0.3 is 53.9 Å². The summed E-state index contributed by atoms with van der Waals surface area (Å²) in [5.41, 5.74) is 6.52. The highest BCUT2D eigenvalue weighted by molar-refractivity contribution is 5.93. The van der Waals surface area contributed by atoms with Gasteiger partial charge in [-0.25, -0.2) is 23.9 Å². The van der Waals surface area contributed by atoms with Gasteiger partial charge in [0.25, 0.3) is 0 Å². The summed E-state index contributed by atoms with van der Waals surface area (Å²) in [5, 5.41) is 6.30. The molecule has 4 N–H and O–H groups in total. The number of ether oxygens (including phenoxy) is 4. The number of carbonyl (C=O) groups is 4. The van der Waals surface area contributed by atoms with Gasteiger partial charge in [0.15, 0.2) is 0 Å². The standard InChI is InChI=1S/C53H58FN9O8/c1-26(2)45(59-52(66)68-5)49(64)61-15-7-10-38(61)47-55-25-36(58-47)31-19-34(54)44-40-21-32-17-28(11-13-37(32)63(40)51(71-43(44)23-31)30-12-14-42-29(18-30)9-8-16-70-42)35-24-56-48(57-35)41-22-33-20-39(33)62(41)50(65)46(27(3)4)60-53(67)69-6/h11-14,17-19,21,23-27,33,38-39,41,45-46,51H,7-10,15-16,20,22H2,1-6H3,(H,55,58)(H,56,57)(H,59,66)(H,60,67)/t33-,38+,39-,41+,45+,46+,51?/m1/s1. The number of nitrogens with one attached hydrogen (secondary N) is 4. The number of imidazole rings is 2. The normalized spacial score (nSPS) is 21.7. The molecule has 2 saturated heterocycles. The van der Waals surface area contributed by atoms with Gasteiger partial charge in [-0.3, -0.25) is 9.59 Å². The van der Waals surface area contributed by atoms with Crippen LogP contribution < -0.4 is 20.1 Å². The average Bonchev–Trinajstić information content (AvgIpc) is 4.03. The predicted molar refractivity (Wildman–Crippen MR) is 260 cm³/mol. The van der Waals surface area contributed by atoms with E-state index in [1.54, 1.807) is 17.3 Å². The molecular formula is C53H58FN9O8. The number of nitrogens with zero attached hydrogens (tertiary/aromatic N) is 5. The molecule has 7 atom stereocenters. The molecule has 1 unspecified atom stereocenters. The highest BCUT2D eigenvalue weighted by atomic mass is 19.1. The van der Waals surface area contributed by atoms with Crippen LogP contribution in [0.25, 0.3) is 44.7 Å². The fourth-order valence-electron chi connectivity index (χ4n) is 11.2. The molecule has 1 saturated carbocycles. The summed E-state index contributed by atoms with van der Waals surface area (Å²) >= 11 is 0. The minimum atomic E-state index is -0.777. The number of piperidine rings is 1. The summed E-state index contributed by atoms with van der Waals surface area (Å²) in [6.07, 6.45) is 6.36. The lowest BCUT2D eigenvalue weighted by molar-refractivity contribution is -0.137. The lowest BCUT2D eigenvalue weighted by atomic mass is 10.00. The van der Waals surface area contributed by atoms with Gasteiger partial charge in [-0.15, -0.1) is 0 Å². The van der Waals surface area contributed by atoms with Gasteiger partial charge in [-0.1, -0.05) is 33.8 Å². The number of carbonyl (C=O) groups excluding carboxylic acids is 4. The summed E-state index contributed by atoms with van der Waals surface area (Å²) < 4.78 is 41.6. The van der Waals surface area contributed by atoms with Gasteiger partial charge in [-0.2, -0.15) is 0 Å². The fourth-order valence-corrected chi connectivity index (χ4v) is 11.2. The van der Waals surface area contributed by atoms with Crippen molar-refractivity contribution in [3.05, 3.63) is 95.6 Å². The first-order valence-electron chi connectivity index (χ1n) is 24.6. The second-order valence-electron chi connectivity index (χ2n) is 20.1. The lowest BCUT2D eigenvalue weighted by Gasteiger charge is -2.32. The van der Waals surface area contributed by atoms with E-state index in [9.17, 15) is 19.2 Å². The number of benzene rings is 3. The Morgan fingerprint density at radius 3 is 2.21 bits per heavy atom. The molecule has 4 amide bonds. The van der Waals surface area contributed by atoms with Crippen molar-refractivity contribution in [2.45, 2.75) is 103 Å². The number of halogens is 1. The molecule has 18 heteroatoms. The average molecular weight is 968 g/mol.